The van der Waals surface area contributed by atoms with Crippen molar-refractivity contribution in [2.45, 2.75) is 482 Å². The molecule has 2 aliphatic heterocycles. The van der Waals surface area contributed by atoms with Crippen molar-refractivity contribution in [1.82, 2.24) is 0 Å². The molecule has 17 heteroatoms. The highest BCUT2D eigenvalue weighted by Gasteiger charge is 2.65. The van der Waals surface area contributed by atoms with Crippen LogP contribution >= 0.6 is 0 Å². The fourth-order valence-corrected chi connectivity index (χ4v) is 14.0. The molecule has 9 atom stereocenters. The van der Waals surface area contributed by atoms with Gasteiger partial charge in [0, 0.05) is 38.5 Å². The fourth-order valence-electron chi connectivity index (χ4n) is 14.0. The van der Waals surface area contributed by atoms with Crippen molar-refractivity contribution in [3.8, 4) is 0 Å². The number of hydrogen-bond donors (Lipinski definition) is 2. The molecule has 101 heavy (non-hydrogen) atoms. The van der Waals surface area contributed by atoms with E-state index in [2.05, 4.69) is 41.5 Å². The van der Waals surface area contributed by atoms with E-state index in [1.165, 1.54) is 122 Å². The van der Waals surface area contributed by atoms with Crippen molar-refractivity contribution in [1.29, 1.82) is 0 Å². The minimum atomic E-state index is -2.46. The molecule has 2 heterocycles. The molecule has 2 aliphatic rings. The number of aliphatic hydroxyl groups is 2. The number of rotatable bonds is 71. The average Bonchev–Trinajstić information content (AvgIpc) is 1.66. The molecule has 0 spiro atoms. The Hall–Kier alpha value is -3.38. The summed E-state index contributed by atoms with van der Waals surface area (Å²) in [5.74, 6) is -6.35. The molecule has 2 N–H and O–H groups in total. The van der Waals surface area contributed by atoms with Crippen LogP contribution in [0.3, 0.4) is 0 Å². The topological polar surface area (TPSA) is 226 Å². The molecule has 0 aromatic heterocycles. The highest BCUT2D eigenvalue weighted by molar-refractivity contribution is 5.73. The van der Waals surface area contributed by atoms with Crippen molar-refractivity contribution in [3.63, 3.8) is 0 Å². The highest BCUT2D eigenvalue weighted by atomic mass is 16.8. The molecule has 2 fully saturated rings. The first-order valence-electron chi connectivity index (χ1n) is 42.7. The van der Waals surface area contributed by atoms with Gasteiger partial charge >= 0.3 is 35.8 Å². The molecule has 0 saturated carbocycles. The molecule has 592 valence electrons. The zero-order valence-electron chi connectivity index (χ0n) is 65.7. The fraction of sp³-hybridized carbons (Fsp3) is 0.929. The van der Waals surface area contributed by atoms with Gasteiger partial charge in [-0.05, 0) is 38.5 Å². The lowest BCUT2D eigenvalue weighted by Crippen LogP contribution is -2.65. The van der Waals surface area contributed by atoms with Crippen LogP contribution < -0.4 is 0 Å². The van der Waals surface area contributed by atoms with Crippen LogP contribution in [0.2, 0.25) is 0 Å². The second-order valence-electron chi connectivity index (χ2n) is 29.9. The SMILES string of the molecule is CCCCCCCCCCCC(=O)OC[C@@]1(O[C@H]2O[C@H](CO)[C@@H](OC(=O)CCCCCCCCCCC)[C@H](OC(=O)CCCCCCCCCCC)[C@H]2OC(=O)CCCCCCCCCCC)O[C@H](CO)[C@@H](OC(=O)CCCCCCCCCCC)[C@@H]1OC(=O)CCCCCCCCCCC. The summed E-state index contributed by atoms with van der Waals surface area (Å²) in [4.78, 5) is 86.2. The van der Waals surface area contributed by atoms with Crippen molar-refractivity contribution >= 4 is 35.8 Å². The van der Waals surface area contributed by atoms with Gasteiger partial charge in [0.05, 0.1) is 13.2 Å². The maximum absolute atomic E-state index is 14.6. The van der Waals surface area contributed by atoms with Gasteiger partial charge in [-0.3, -0.25) is 28.8 Å². The van der Waals surface area contributed by atoms with Crippen LogP contribution in [0.15, 0.2) is 0 Å². The molecule has 0 aromatic rings. The van der Waals surface area contributed by atoms with Crippen LogP contribution in [-0.4, -0.2) is 121 Å². The predicted molar refractivity (Wildman–Crippen MR) is 403 cm³/mol. The molecule has 0 amide bonds. The van der Waals surface area contributed by atoms with E-state index >= 15 is 0 Å². The normalized spacial score (nSPS) is 20.4. The number of hydrogen-bond acceptors (Lipinski definition) is 17. The number of ether oxygens (including phenoxy) is 9. The molecule has 17 nitrogen and oxygen atoms in total. The van der Waals surface area contributed by atoms with Crippen LogP contribution in [0.5, 0.6) is 0 Å². The van der Waals surface area contributed by atoms with E-state index in [9.17, 15) is 39.0 Å². The summed E-state index contributed by atoms with van der Waals surface area (Å²) in [5, 5.41) is 22.8. The lowest BCUT2D eigenvalue weighted by Gasteiger charge is -2.46. The van der Waals surface area contributed by atoms with E-state index in [4.69, 9.17) is 42.6 Å². The number of aliphatic hydroxyl groups excluding tert-OH is 2. The minimum Gasteiger partial charge on any atom is -0.460 e. The second kappa shape index (κ2) is 65.0. The maximum Gasteiger partial charge on any atom is 0.306 e. The van der Waals surface area contributed by atoms with Gasteiger partial charge in [0.2, 0.25) is 12.1 Å². The molecule has 2 rings (SSSR count). The summed E-state index contributed by atoms with van der Waals surface area (Å²) < 4.78 is 58.6. The average molecular weight is 1440 g/mol. The maximum atomic E-state index is 14.6. The predicted octanol–water partition coefficient (Wildman–Crippen LogP) is 21.4. The van der Waals surface area contributed by atoms with E-state index in [0.29, 0.717) is 38.5 Å². The third-order valence-electron chi connectivity index (χ3n) is 20.4. The lowest BCUT2D eigenvalue weighted by molar-refractivity contribution is -0.384. The highest BCUT2D eigenvalue weighted by Crippen LogP contribution is 2.42. The number of carbonyl (C=O) groups is 6. The Kier molecular flexibility index (Phi) is 60.3. The Morgan fingerprint density at radius 1 is 0.277 bits per heavy atom. The summed E-state index contributed by atoms with van der Waals surface area (Å²) >= 11 is 0. The van der Waals surface area contributed by atoms with Crippen molar-refractivity contribution in [2.24, 2.45) is 0 Å². The largest absolute Gasteiger partial charge is 0.460 e. The Balaban J connectivity index is 2.83. The first-order chi connectivity index (χ1) is 49.4. The quantitative estimate of drug-likeness (QED) is 0.0328. The monoisotopic (exact) mass is 1440 g/mol. The van der Waals surface area contributed by atoms with Crippen LogP contribution in [0.1, 0.15) is 427 Å². The number of carbonyl (C=O) groups excluding carboxylic acids is 6. The summed E-state index contributed by atoms with van der Waals surface area (Å²) in [6, 6.07) is 0. The number of esters is 6. The third-order valence-corrected chi connectivity index (χ3v) is 20.4. The van der Waals surface area contributed by atoms with Gasteiger partial charge in [0.25, 0.3) is 0 Å². The third kappa shape index (κ3) is 46.3. The Morgan fingerprint density at radius 2 is 0.515 bits per heavy atom. The molecule has 0 unspecified atom stereocenters. The van der Waals surface area contributed by atoms with Crippen molar-refractivity contribution in [2.75, 3.05) is 19.8 Å². The molecule has 0 aliphatic carbocycles. The van der Waals surface area contributed by atoms with Crippen molar-refractivity contribution in [3.05, 3.63) is 0 Å². The molecule has 0 radical (unpaired) electrons. The van der Waals surface area contributed by atoms with Gasteiger partial charge < -0.3 is 52.8 Å². The van der Waals surface area contributed by atoms with Gasteiger partial charge in [0.15, 0.2) is 30.5 Å². The van der Waals surface area contributed by atoms with Gasteiger partial charge in [-0.1, -0.05) is 350 Å². The van der Waals surface area contributed by atoms with E-state index < -0.39 is 110 Å². The summed E-state index contributed by atoms with van der Waals surface area (Å²) in [6.45, 7) is 10.8. The lowest BCUT2D eigenvalue weighted by atomic mass is 9.97. The second-order valence-corrected chi connectivity index (χ2v) is 29.9. The minimum absolute atomic E-state index is 0.00997. The zero-order chi connectivity index (χ0) is 73.5. The van der Waals surface area contributed by atoms with Crippen molar-refractivity contribution < 1.29 is 81.6 Å². The van der Waals surface area contributed by atoms with Crippen LogP contribution in [0.4, 0.5) is 0 Å². The summed E-state index contributed by atoms with van der Waals surface area (Å²) in [6.07, 6.45) is 41.8. The first-order valence-corrected chi connectivity index (χ1v) is 42.7. The molecule has 0 bridgehead atoms. The molecule has 2 saturated heterocycles. The van der Waals surface area contributed by atoms with Gasteiger partial charge in [-0.2, -0.15) is 0 Å². The van der Waals surface area contributed by atoms with Crippen LogP contribution in [-0.2, 0) is 71.4 Å². The Labute approximate surface area is 616 Å². The molecule has 0 aromatic carbocycles. The Bertz CT molecular complexity index is 2000. The van der Waals surface area contributed by atoms with Gasteiger partial charge in [-0.25, -0.2) is 0 Å². The van der Waals surface area contributed by atoms with Crippen LogP contribution in [0.25, 0.3) is 0 Å². The van der Waals surface area contributed by atoms with E-state index in [0.717, 1.165) is 186 Å². The smallest absolute Gasteiger partial charge is 0.306 e. The van der Waals surface area contributed by atoms with E-state index in [1.807, 2.05) is 0 Å². The van der Waals surface area contributed by atoms with Gasteiger partial charge in [0.1, 0.15) is 18.8 Å². The van der Waals surface area contributed by atoms with E-state index in [-0.39, 0.29) is 38.5 Å². The summed E-state index contributed by atoms with van der Waals surface area (Å²) in [7, 11) is 0. The molecular weight excluding hydrogens is 1280 g/mol. The summed E-state index contributed by atoms with van der Waals surface area (Å²) in [5.41, 5.74) is 0. The van der Waals surface area contributed by atoms with Gasteiger partial charge in [-0.15, -0.1) is 0 Å². The van der Waals surface area contributed by atoms with Crippen LogP contribution in [0, 0.1) is 0 Å². The van der Waals surface area contributed by atoms with E-state index in [1.54, 1.807) is 0 Å². The Morgan fingerprint density at radius 3 is 0.802 bits per heavy atom. The number of unbranched alkanes of at least 4 members (excludes halogenated alkanes) is 48. The molecular formula is C84H154O17. The standard InChI is InChI=1S/C84H154O17/c1-7-13-19-25-31-37-43-49-55-61-72(87)93-69-84(82(99-77(92)66-60-54-48-42-36-30-24-18-12-6)79(71(68-86)100-84)96-74(89)63-57-51-45-39-33-27-21-15-9-3)101-83-81(98-76(91)65-59-53-47-41-35-29-23-17-11-5)80(97-75(90)64-58-52-46-40-34-28-22-16-10-4)78(70(67-85)94-83)95-73(88)62-56-50-44-38-32-26-20-14-8-2/h70-71,78-83,85-86H,7-69H2,1-6H3/t70-,71-,78-,79-,80+,81-,82+,83-,84+/m1/s1. The zero-order valence-corrected chi connectivity index (χ0v) is 65.7. The first kappa shape index (κ1) is 93.7.